The van der Waals surface area contributed by atoms with Crippen LogP contribution in [0.4, 0.5) is 11.9 Å². The third kappa shape index (κ3) is 4.20. The Bertz CT molecular complexity index is 1280. The van der Waals surface area contributed by atoms with Crippen molar-refractivity contribution in [3.05, 3.63) is 120 Å². The SMILES string of the molecule is O=C(/C=C/c1ccccc1)Nc1nc2n(n1)C(c1ccccc1)C=C(c1ccccc1)N2. The molecule has 5 rings (SSSR count). The second-order valence-corrected chi connectivity index (χ2v) is 7.36. The molecule has 0 radical (unpaired) electrons. The number of aromatic nitrogens is 3. The molecule has 3 aromatic carbocycles. The van der Waals surface area contributed by atoms with Gasteiger partial charge in [-0.3, -0.25) is 10.1 Å². The Kier molecular flexibility index (Phi) is 5.32. The number of fused-ring (bicyclic) bond motifs is 1. The summed E-state index contributed by atoms with van der Waals surface area (Å²) in [6.07, 6.45) is 5.35. The van der Waals surface area contributed by atoms with Gasteiger partial charge in [-0.25, -0.2) is 4.68 Å². The Hall–Kier alpha value is -4.45. The van der Waals surface area contributed by atoms with Crippen molar-refractivity contribution in [3.8, 4) is 0 Å². The Morgan fingerprint density at radius 1 is 0.906 bits per heavy atom. The van der Waals surface area contributed by atoms with Gasteiger partial charge >= 0.3 is 0 Å². The van der Waals surface area contributed by atoms with Gasteiger partial charge in [-0.05, 0) is 28.8 Å². The second kappa shape index (κ2) is 8.73. The van der Waals surface area contributed by atoms with Crippen molar-refractivity contribution in [2.24, 2.45) is 0 Å². The second-order valence-electron chi connectivity index (χ2n) is 7.36. The van der Waals surface area contributed by atoms with Crippen LogP contribution in [0.3, 0.4) is 0 Å². The van der Waals surface area contributed by atoms with E-state index in [0.29, 0.717) is 5.95 Å². The molecule has 1 amide bonds. The monoisotopic (exact) mass is 419 g/mol. The first-order chi connectivity index (χ1) is 15.8. The van der Waals surface area contributed by atoms with E-state index in [1.165, 1.54) is 6.08 Å². The number of rotatable bonds is 5. The van der Waals surface area contributed by atoms with Crippen LogP contribution in [-0.4, -0.2) is 20.7 Å². The van der Waals surface area contributed by atoms with Gasteiger partial charge in [0.15, 0.2) is 0 Å². The normalized spacial score (nSPS) is 15.0. The van der Waals surface area contributed by atoms with E-state index in [-0.39, 0.29) is 17.9 Å². The third-order valence-corrected chi connectivity index (χ3v) is 5.15. The topological polar surface area (TPSA) is 71.8 Å². The Labute approximate surface area is 185 Å². The maximum atomic E-state index is 12.4. The van der Waals surface area contributed by atoms with E-state index in [9.17, 15) is 4.79 Å². The minimum absolute atomic E-state index is 0.152. The number of amides is 1. The molecule has 2 N–H and O–H groups in total. The van der Waals surface area contributed by atoms with Crippen LogP contribution in [0, 0.1) is 0 Å². The lowest BCUT2D eigenvalue weighted by molar-refractivity contribution is -0.111. The van der Waals surface area contributed by atoms with Gasteiger partial charge in [-0.1, -0.05) is 91.0 Å². The van der Waals surface area contributed by atoms with E-state index in [4.69, 9.17) is 0 Å². The molecule has 1 unspecified atom stereocenters. The summed E-state index contributed by atoms with van der Waals surface area (Å²) in [6.45, 7) is 0. The molecule has 6 heteroatoms. The van der Waals surface area contributed by atoms with E-state index in [1.807, 2.05) is 78.9 Å². The number of hydrogen-bond acceptors (Lipinski definition) is 4. The minimum Gasteiger partial charge on any atom is -0.324 e. The average molecular weight is 419 g/mol. The van der Waals surface area contributed by atoms with Crippen molar-refractivity contribution in [3.63, 3.8) is 0 Å². The van der Waals surface area contributed by atoms with Crippen molar-refractivity contribution in [1.29, 1.82) is 0 Å². The van der Waals surface area contributed by atoms with E-state index in [0.717, 1.165) is 22.4 Å². The van der Waals surface area contributed by atoms with Crippen LogP contribution in [-0.2, 0) is 4.79 Å². The zero-order valence-corrected chi connectivity index (χ0v) is 17.2. The average Bonchev–Trinajstić information content (AvgIpc) is 3.26. The van der Waals surface area contributed by atoms with Gasteiger partial charge in [-0.15, -0.1) is 5.10 Å². The minimum atomic E-state index is -0.288. The molecule has 6 nitrogen and oxygen atoms in total. The van der Waals surface area contributed by atoms with Crippen LogP contribution in [0.2, 0.25) is 0 Å². The van der Waals surface area contributed by atoms with Crippen LogP contribution in [0.1, 0.15) is 22.7 Å². The lowest BCUT2D eigenvalue weighted by Crippen LogP contribution is -2.20. The van der Waals surface area contributed by atoms with Crippen molar-refractivity contribution >= 4 is 29.6 Å². The smallest absolute Gasteiger partial charge is 0.250 e. The molecule has 0 fully saturated rings. The summed E-state index contributed by atoms with van der Waals surface area (Å²) < 4.78 is 1.79. The Morgan fingerprint density at radius 3 is 2.28 bits per heavy atom. The lowest BCUT2D eigenvalue weighted by Gasteiger charge is -2.24. The van der Waals surface area contributed by atoms with Crippen LogP contribution < -0.4 is 10.6 Å². The van der Waals surface area contributed by atoms with Crippen LogP contribution >= 0.6 is 0 Å². The maximum absolute atomic E-state index is 12.4. The summed E-state index contributed by atoms with van der Waals surface area (Å²) in [5, 5.41) is 10.7. The molecular weight excluding hydrogens is 398 g/mol. The molecule has 1 aliphatic heterocycles. The summed E-state index contributed by atoms with van der Waals surface area (Å²) in [6, 6.07) is 29.7. The Balaban J connectivity index is 1.43. The molecule has 2 heterocycles. The first kappa shape index (κ1) is 19.5. The fourth-order valence-corrected chi connectivity index (χ4v) is 3.61. The van der Waals surface area contributed by atoms with Crippen molar-refractivity contribution < 1.29 is 4.79 Å². The van der Waals surface area contributed by atoms with E-state index in [1.54, 1.807) is 10.8 Å². The van der Waals surface area contributed by atoms with E-state index >= 15 is 0 Å². The molecular formula is C26H21N5O. The molecule has 0 bridgehead atoms. The number of anilines is 2. The summed E-state index contributed by atoms with van der Waals surface area (Å²) in [5.41, 5.74) is 4.03. The van der Waals surface area contributed by atoms with Crippen molar-refractivity contribution in [2.45, 2.75) is 6.04 Å². The fourth-order valence-electron chi connectivity index (χ4n) is 3.61. The van der Waals surface area contributed by atoms with Gasteiger partial charge in [0.25, 0.3) is 11.9 Å². The highest BCUT2D eigenvalue weighted by Gasteiger charge is 2.25. The molecule has 4 aromatic rings. The highest BCUT2D eigenvalue weighted by atomic mass is 16.1. The predicted octanol–water partition coefficient (Wildman–Crippen LogP) is 4.99. The van der Waals surface area contributed by atoms with Crippen molar-refractivity contribution in [2.75, 3.05) is 10.6 Å². The summed E-state index contributed by atoms with van der Waals surface area (Å²) in [4.78, 5) is 16.9. The zero-order chi connectivity index (χ0) is 21.8. The molecule has 32 heavy (non-hydrogen) atoms. The van der Waals surface area contributed by atoms with Gasteiger partial charge in [-0.2, -0.15) is 4.98 Å². The lowest BCUT2D eigenvalue weighted by atomic mass is 10.0. The summed E-state index contributed by atoms with van der Waals surface area (Å²) >= 11 is 0. The number of benzene rings is 3. The molecule has 1 atom stereocenters. The number of carbonyl (C=O) groups is 1. The highest BCUT2D eigenvalue weighted by molar-refractivity contribution is 6.01. The standard InChI is InChI=1S/C26H21N5O/c32-24(17-16-19-10-4-1-5-11-19)28-25-29-26-27-22(20-12-6-2-7-13-20)18-23(31(26)30-25)21-14-8-3-9-15-21/h1-18,23H,(H2,27,28,29,30,32)/b17-16+. The van der Waals surface area contributed by atoms with E-state index < -0.39 is 0 Å². The van der Waals surface area contributed by atoms with Gasteiger partial charge in [0.05, 0.1) is 0 Å². The molecule has 1 aliphatic rings. The number of nitrogens with zero attached hydrogens (tertiary/aromatic N) is 3. The number of allylic oxidation sites excluding steroid dienone is 1. The van der Waals surface area contributed by atoms with Gasteiger partial charge < -0.3 is 5.32 Å². The highest BCUT2D eigenvalue weighted by Crippen LogP contribution is 2.33. The number of hydrogen-bond donors (Lipinski definition) is 2. The molecule has 0 saturated heterocycles. The summed E-state index contributed by atoms with van der Waals surface area (Å²) in [5.74, 6) is 0.533. The molecule has 156 valence electrons. The van der Waals surface area contributed by atoms with Crippen LogP contribution in [0.25, 0.3) is 11.8 Å². The van der Waals surface area contributed by atoms with Gasteiger partial charge in [0.1, 0.15) is 6.04 Å². The largest absolute Gasteiger partial charge is 0.324 e. The van der Waals surface area contributed by atoms with Crippen molar-refractivity contribution in [1.82, 2.24) is 14.8 Å². The maximum Gasteiger partial charge on any atom is 0.250 e. The fraction of sp³-hybridized carbons (Fsp3) is 0.0385. The van der Waals surface area contributed by atoms with Crippen LogP contribution in [0.5, 0.6) is 0 Å². The zero-order valence-electron chi connectivity index (χ0n) is 17.2. The molecule has 0 saturated carbocycles. The quantitative estimate of drug-likeness (QED) is 0.447. The van der Waals surface area contributed by atoms with Gasteiger partial charge in [0.2, 0.25) is 5.95 Å². The number of carbonyl (C=O) groups excluding carboxylic acids is 1. The molecule has 0 aliphatic carbocycles. The predicted molar refractivity (Wildman–Crippen MR) is 127 cm³/mol. The van der Waals surface area contributed by atoms with Crippen LogP contribution in [0.15, 0.2) is 103 Å². The summed E-state index contributed by atoms with van der Waals surface area (Å²) in [7, 11) is 0. The molecule has 0 spiro atoms. The van der Waals surface area contributed by atoms with Gasteiger partial charge in [0, 0.05) is 11.8 Å². The first-order valence-electron chi connectivity index (χ1n) is 10.4. The Morgan fingerprint density at radius 2 is 1.56 bits per heavy atom. The number of nitrogens with one attached hydrogen (secondary N) is 2. The molecule has 1 aromatic heterocycles. The first-order valence-corrected chi connectivity index (χ1v) is 10.4. The third-order valence-electron chi connectivity index (χ3n) is 5.15. The van der Waals surface area contributed by atoms with E-state index in [2.05, 4.69) is 38.9 Å².